The highest BCUT2D eigenvalue weighted by molar-refractivity contribution is 5.94. The first-order chi connectivity index (χ1) is 8.65. The fourth-order valence-electron chi connectivity index (χ4n) is 2.18. The molecule has 0 aliphatic carbocycles. The summed E-state index contributed by atoms with van der Waals surface area (Å²) in [5.41, 5.74) is 9.38. The Morgan fingerprint density at radius 3 is 2.56 bits per heavy atom. The maximum atomic E-state index is 9.33. The van der Waals surface area contributed by atoms with Crippen LogP contribution in [0.1, 0.15) is 0 Å². The molecule has 2 aromatic carbocycles. The van der Waals surface area contributed by atoms with E-state index in [0.29, 0.717) is 5.69 Å². The Morgan fingerprint density at radius 1 is 1.11 bits per heavy atom. The van der Waals surface area contributed by atoms with E-state index in [2.05, 4.69) is 5.10 Å². The summed E-state index contributed by atoms with van der Waals surface area (Å²) in [6.45, 7) is 0. The molecule has 0 spiro atoms. The number of phenols is 1. The predicted molar refractivity (Wildman–Crippen MR) is 72.2 cm³/mol. The molecule has 4 heteroatoms. The first-order valence-corrected chi connectivity index (χ1v) is 5.67. The van der Waals surface area contributed by atoms with Gasteiger partial charge in [0.05, 0.1) is 11.2 Å². The van der Waals surface area contributed by atoms with Crippen LogP contribution in [-0.2, 0) is 7.05 Å². The number of hydrogen-bond acceptors (Lipinski definition) is 3. The Bertz CT molecular complexity index is 714. The molecule has 0 fully saturated rings. The Morgan fingerprint density at radius 2 is 1.83 bits per heavy atom. The number of hydrogen-bond donors (Lipinski definition) is 2. The molecular weight excluding hydrogens is 226 g/mol. The van der Waals surface area contributed by atoms with Gasteiger partial charge >= 0.3 is 0 Å². The number of anilines is 1. The average Bonchev–Trinajstić information content (AvgIpc) is 2.65. The lowest BCUT2D eigenvalue weighted by Gasteiger charge is -2.03. The van der Waals surface area contributed by atoms with Gasteiger partial charge in [-0.1, -0.05) is 0 Å². The van der Waals surface area contributed by atoms with Crippen molar-refractivity contribution < 1.29 is 5.11 Å². The van der Waals surface area contributed by atoms with Gasteiger partial charge in [0.25, 0.3) is 0 Å². The van der Waals surface area contributed by atoms with Gasteiger partial charge in [-0.2, -0.15) is 5.10 Å². The lowest BCUT2D eigenvalue weighted by molar-refractivity contribution is 0.475. The summed E-state index contributed by atoms with van der Waals surface area (Å²) in [5, 5.41) is 14.8. The van der Waals surface area contributed by atoms with Crippen LogP contribution in [0.25, 0.3) is 22.2 Å². The number of rotatable bonds is 1. The number of aromatic hydroxyl groups is 1. The molecule has 0 radical (unpaired) electrons. The third-order valence-electron chi connectivity index (χ3n) is 3.00. The van der Waals surface area contributed by atoms with E-state index in [1.54, 1.807) is 12.1 Å². The zero-order valence-corrected chi connectivity index (χ0v) is 9.96. The highest BCUT2D eigenvalue weighted by Crippen LogP contribution is 2.30. The number of nitrogens with two attached hydrogens (primary N) is 1. The fraction of sp³-hybridized carbons (Fsp3) is 0.0714. The third-order valence-corrected chi connectivity index (χ3v) is 3.00. The van der Waals surface area contributed by atoms with Crippen molar-refractivity contribution in [3.8, 4) is 17.0 Å². The SMILES string of the molecule is Cn1nc2cc(N)ccc2c1-c1ccc(O)cc1. The van der Waals surface area contributed by atoms with Crippen molar-refractivity contribution >= 4 is 16.6 Å². The van der Waals surface area contributed by atoms with Gasteiger partial charge in [-0.05, 0) is 42.5 Å². The summed E-state index contributed by atoms with van der Waals surface area (Å²) in [7, 11) is 1.90. The van der Waals surface area contributed by atoms with Crippen LogP contribution in [0.4, 0.5) is 5.69 Å². The minimum atomic E-state index is 0.259. The van der Waals surface area contributed by atoms with Gasteiger partial charge in [0.15, 0.2) is 0 Å². The van der Waals surface area contributed by atoms with Crippen LogP contribution in [0.2, 0.25) is 0 Å². The van der Waals surface area contributed by atoms with E-state index in [-0.39, 0.29) is 5.75 Å². The number of fused-ring (bicyclic) bond motifs is 1. The molecule has 0 bridgehead atoms. The van der Waals surface area contributed by atoms with Crippen molar-refractivity contribution in [1.82, 2.24) is 9.78 Å². The zero-order valence-electron chi connectivity index (χ0n) is 9.96. The van der Waals surface area contributed by atoms with Crippen LogP contribution in [-0.4, -0.2) is 14.9 Å². The number of aryl methyl sites for hydroxylation is 1. The minimum absolute atomic E-state index is 0.259. The largest absolute Gasteiger partial charge is 0.508 e. The van der Waals surface area contributed by atoms with Crippen LogP contribution in [0.5, 0.6) is 5.75 Å². The number of phenolic OH excluding ortho intramolecular Hbond substituents is 1. The molecule has 0 saturated heterocycles. The maximum absolute atomic E-state index is 9.33. The number of nitrogens with zero attached hydrogens (tertiary/aromatic N) is 2. The Labute approximate surface area is 104 Å². The second-order valence-electron chi connectivity index (χ2n) is 4.30. The molecule has 0 atom stereocenters. The summed E-state index contributed by atoms with van der Waals surface area (Å²) in [6, 6.07) is 12.8. The number of aromatic nitrogens is 2. The topological polar surface area (TPSA) is 64.1 Å². The number of benzene rings is 2. The van der Waals surface area contributed by atoms with Crippen molar-refractivity contribution in [2.24, 2.45) is 7.05 Å². The highest BCUT2D eigenvalue weighted by atomic mass is 16.3. The number of nitrogen functional groups attached to an aromatic ring is 1. The smallest absolute Gasteiger partial charge is 0.115 e. The van der Waals surface area contributed by atoms with Gasteiger partial charge in [0, 0.05) is 23.7 Å². The van der Waals surface area contributed by atoms with E-state index >= 15 is 0 Å². The van der Waals surface area contributed by atoms with Crippen molar-refractivity contribution in [3.63, 3.8) is 0 Å². The predicted octanol–water partition coefficient (Wildman–Crippen LogP) is 2.53. The molecule has 3 aromatic rings. The summed E-state index contributed by atoms with van der Waals surface area (Å²) in [5.74, 6) is 0.259. The maximum Gasteiger partial charge on any atom is 0.115 e. The Balaban J connectivity index is 2.28. The fourth-order valence-corrected chi connectivity index (χ4v) is 2.18. The van der Waals surface area contributed by atoms with Gasteiger partial charge in [-0.25, -0.2) is 0 Å². The van der Waals surface area contributed by atoms with Crippen LogP contribution in [0.3, 0.4) is 0 Å². The second-order valence-corrected chi connectivity index (χ2v) is 4.30. The second kappa shape index (κ2) is 3.77. The van der Waals surface area contributed by atoms with Crippen molar-refractivity contribution in [2.45, 2.75) is 0 Å². The molecule has 18 heavy (non-hydrogen) atoms. The van der Waals surface area contributed by atoms with Gasteiger partial charge in [0.1, 0.15) is 5.75 Å². The van der Waals surface area contributed by atoms with Gasteiger partial charge < -0.3 is 10.8 Å². The zero-order chi connectivity index (χ0) is 12.7. The van der Waals surface area contributed by atoms with Crippen molar-refractivity contribution in [2.75, 3.05) is 5.73 Å². The molecule has 3 rings (SSSR count). The molecule has 0 aliphatic rings. The Kier molecular flexibility index (Phi) is 2.23. The van der Waals surface area contributed by atoms with E-state index in [4.69, 9.17) is 5.73 Å². The first-order valence-electron chi connectivity index (χ1n) is 5.67. The van der Waals surface area contributed by atoms with Gasteiger partial charge in [-0.15, -0.1) is 0 Å². The van der Waals surface area contributed by atoms with E-state index in [0.717, 1.165) is 22.2 Å². The molecule has 90 valence electrons. The molecule has 3 N–H and O–H groups in total. The van der Waals surface area contributed by atoms with Crippen molar-refractivity contribution in [3.05, 3.63) is 42.5 Å². The van der Waals surface area contributed by atoms with Crippen LogP contribution in [0.15, 0.2) is 42.5 Å². The van der Waals surface area contributed by atoms with Crippen LogP contribution < -0.4 is 5.73 Å². The monoisotopic (exact) mass is 239 g/mol. The van der Waals surface area contributed by atoms with E-state index in [1.165, 1.54) is 0 Å². The summed E-state index contributed by atoms with van der Waals surface area (Å²) in [6.07, 6.45) is 0. The van der Waals surface area contributed by atoms with E-state index in [1.807, 2.05) is 42.1 Å². The molecular formula is C14H13N3O. The van der Waals surface area contributed by atoms with Gasteiger partial charge in [0.2, 0.25) is 0 Å². The lowest BCUT2D eigenvalue weighted by Crippen LogP contribution is -1.93. The van der Waals surface area contributed by atoms with Gasteiger partial charge in [-0.3, -0.25) is 4.68 Å². The molecule has 1 heterocycles. The molecule has 4 nitrogen and oxygen atoms in total. The summed E-state index contributed by atoms with van der Waals surface area (Å²) >= 11 is 0. The minimum Gasteiger partial charge on any atom is -0.508 e. The van der Waals surface area contributed by atoms with E-state index in [9.17, 15) is 5.11 Å². The lowest BCUT2D eigenvalue weighted by atomic mass is 10.1. The molecule has 0 unspecified atom stereocenters. The van der Waals surface area contributed by atoms with Crippen LogP contribution in [0, 0.1) is 0 Å². The molecule has 0 amide bonds. The standard InChI is InChI=1S/C14H13N3O/c1-17-14(9-2-5-11(18)6-3-9)12-7-4-10(15)8-13(12)16-17/h2-8,18H,15H2,1H3. The van der Waals surface area contributed by atoms with Crippen molar-refractivity contribution in [1.29, 1.82) is 0 Å². The highest BCUT2D eigenvalue weighted by Gasteiger charge is 2.10. The normalized spacial score (nSPS) is 10.9. The summed E-state index contributed by atoms with van der Waals surface area (Å²) < 4.78 is 1.83. The Hall–Kier alpha value is -2.49. The van der Waals surface area contributed by atoms with E-state index < -0.39 is 0 Å². The third kappa shape index (κ3) is 1.59. The summed E-state index contributed by atoms with van der Waals surface area (Å²) in [4.78, 5) is 0. The molecule has 0 aliphatic heterocycles. The quantitative estimate of drug-likeness (QED) is 0.641. The van der Waals surface area contributed by atoms with Crippen LogP contribution >= 0.6 is 0 Å². The first kappa shape index (κ1) is 10.7. The molecule has 1 aromatic heterocycles. The molecule has 0 saturated carbocycles. The average molecular weight is 239 g/mol.